The van der Waals surface area contributed by atoms with Crippen LogP contribution >= 0.6 is 0 Å². The van der Waals surface area contributed by atoms with Crippen molar-refractivity contribution in [3.05, 3.63) is 100 Å². The molecule has 0 unspecified atom stereocenters. The molecular formula is C40H38N8O3. The van der Waals surface area contributed by atoms with Gasteiger partial charge < -0.3 is 25.9 Å². The van der Waals surface area contributed by atoms with Crippen LogP contribution in [-0.4, -0.2) is 56.6 Å². The van der Waals surface area contributed by atoms with Gasteiger partial charge in [-0.2, -0.15) is 5.26 Å². The minimum atomic E-state index is -0.423. The Morgan fingerprint density at radius 2 is 1.88 bits per heavy atom. The monoisotopic (exact) mass is 678 g/mol. The van der Waals surface area contributed by atoms with Crippen molar-refractivity contribution in [2.45, 2.75) is 51.8 Å². The van der Waals surface area contributed by atoms with E-state index in [-0.39, 0.29) is 18.7 Å². The number of hydrogen-bond donors (Lipinski definition) is 4. The predicted octanol–water partition coefficient (Wildman–Crippen LogP) is 5.97. The second kappa shape index (κ2) is 13.2. The number of aliphatic hydroxyl groups excluding tert-OH is 1. The van der Waals surface area contributed by atoms with E-state index in [1.165, 1.54) is 0 Å². The second-order valence-corrected chi connectivity index (χ2v) is 13.6. The fraction of sp³-hybridized carbons (Fsp3) is 0.275. The van der Waals surface area contributed by atoms with Gasteiger partial charge >= 0.3 is 0 Å². The molecule has 1 saturated heterocycles. The number of rotatable bonds is 9. The van der Waals surface area contributed by atoms with Gasteiger partial charge in [0.15, 0.2) is 11.4 Å². The van der Waals surface area contributed by atoms with Crippen molar-refractivity contribution < 1.29 is 14.3 Å². The quantitative estimate of drug-likeness (QED) is 0.143. The van der Waals surface area contributed by atoms with Crippen LogP contribution in [0.25, 0.3) is 44.6 Å². The van der Waals surface area contributed by atoms with Crippen molar-refractivity contribution in [3.63, 3.8) is 0 Å². The van der Waals surface area contributed by atoms with Crippen LogP contribution in [0.1, 0.15) is 52.3 Å². The zero-order valence-electron chi connectivity index (χ0n) is 28.5. The van der Waals surface area contributed by atoms with Gasteiger partial charge in [-0.3, -0.25) is 14.7 Å². The molecule has 0 spiro atoms. The molecule has 6 aromatic rings. The molecule has 1 amide bonds. The number of aromatic nitrogens is 3. The largest absolute Gasteiger partial charge is 0.435 e. The molecule has 51 heavy (non-hydrogen) atoms. The molecule has 1 aliphatic heterocycles. The summed E-state index contributed by atoms with van der Waals surface area (Å²) in [5.74, 6) is 0.706. The van der Waals surface area contributed by atoms with Crippen LogP contribution in [0.5, 0.6) is 0 Å². The Morgan fingerprint density at radius 1 is 1.08 bits per heavy atom. The van der Waals surface area contributed by atoms with Gasteiger partial charge in [0.05, 0.1) is 12.6 Å². The molecule has 2 atom stereocenters. The molecule has 3 aromatic heterocycles. The SMILES string of the molecule is Cc1c(Nc2nccc3cc(CN4CC[C@@H](O)C4)cnc23)cccc1-c1cccc(-c2nc3cc4c(c(C#N)c3o2)CC[C@H]4NCC(N)=O)c1C. The van der Waals surface area contributed by atoms with Gasteiger partial charge in [0.25, 0.3) is 0 Å². The Balaban J connectivity index is 1.10. The van der Waals surface area contributed by atoms with Gasteiger partial charge in [0.2, 0.25) is 11.8 Å². The van der Waals surface area contributed by atoms with E-state index in [9.17, 15) is 15.2 Å². The number of hydrogen-bond acceptors (Lipinski definition) is 10. The first-order valence-electron chi connectivity index (χ1n) is 17.3. The lowest BCUT2D eigenvalue weighted by Crippen LogP contribution is -2.30. The maximum atomic E-state index is 11.4. The molecule has 256 valence electrons. The minimum absolute atomic E-state index is 0.0679. The van der Waals surface area contributed by atoms with Crippen LogP contribution < -0.4 is 16.4 Å². The maximum Gasteiger partial charge on any atom is 0.231 e. The number of benzene rings is 3. The van der Waals surface area contributed by atoms with Gasteiger partial charge in [-0.25, -0.2) is 9.97 Å². The van der Waals surface area contributed by atoms with Crippen molar-refractivity contribution >= 4 is 39.4 Å². The molecule has 2 aliphatic rings. The Hall–Kier alpha value is -5.67. The number of carbonyl (C=O) groups is 1. The van der Waals surface area contributed by atoms with E-state index in [2.05, 4.69) is 58.6 Å². The maximum absolute atomic E-state index is 11.4. The Bertz CT molecular complexity index is 2380. The lowest BCUT2D eigenvalue weighted by atomic mass is 9.93. The lowest BCUT2D eigenvalue weighted by molar-refractivity contribution is -0.117. The number of amides is 1. The summed E-state index contributed by atoms with van der Waals surface area (Å²) in [7, 11) is 0. The van der Waals surface area contributed by atoms with E-state index in [0.29, 0.717) is 41.3 Å². The average Bonchev–Trinajstić information content (AvgIpc) is 3.85. The standard InChI is InChI=1S/C40H38N8O3/c1-22-27(5-3-7-29(22)40-47-35-16-31-30(32(17-41)38(35)51-40)9-10-34(31)44-19-36(42)50)28-6-4-8-33(23(28)2)46-39-37-25(11-13-43-39)15-24(18-45-37)20-48-14-12-26(49)21-48/h3-8,11,13,15-16,18,26,34,44,49H,9-10,12,14,19-21H2,1-2H3,(H2,42,50)(H,43,46)/t26-,34-/m1/s1. The second-order valence-electron chi connectivity index (χ2n) is 13.6. The first kappa shape index (κ1) is 32.5. The highest BCUT2D eigenvalue weighted by Gasteiger charge is 2.29. The number of nitrogens with one attached hydrogen (secondary N) is 2. The molecule has 0 bridgehead atoms. The highest BCUT2D eigenvalue weighted by Crippen LogP contribution is 2.41. The van der Waals surface area contributed by atoms with Crippen molar-refractivity contribution in [2.24, 2.45) is 5.73 Å². The summed E-state index contributed by atoms with van der Waals surface area (Å²) in [6.45, 7) is 6.55. The van der Waals surface area contributed by atoms with E-state index < -0.39 is 5.91 Å². The number of carbonyl (C=O) groups excluding carboxylic acids is 1. The van der Waals surface area contributed by atoms with E-state index >= 15 is 0 Å². The number of oxazole rings is 1. The molecule has 3 aromatic carbocycles. The third kappa shape index (κ3) is 6.08. The molecule has 0 saturated carbocycles. The number of β-amino-alcohol motifs (C(OH)–C–C–N with tert-alkyl or cyclic N) is 1. The topological polar surface area (TPSA) is 166 Å². The third-order valence-electron chi connectivity index (χ3n) is 10.3. The molecular weight excluding hydrogens is 640 g/mol. The number of nitrogens with two attached hydrogens (primary N) is 1. The summed E-state index contributed by atoms with van der Waals surface area (Å²) >= 11 is 0. The smallest absolute Gasteiger partial charge is 0.231 e. The first-order valence-corrected chi connectivity index (χ1v) is 17.3. The summed E-state index contributed by atoms with van der Waals surface area (Å²) in [6.07, 6.45) is 5.73. The van der Waals surface area contributed by atoms with E-state index in [4.69, 9.17) is 20.1 Å². The molecule has 11 heteroatoms. The number of primary amides is 1. The number of likely N-dealkylation sites (tertiary alicyclic amines) is 1. The summed E-state index contributed by atoms with van der Waals surface area (Å²) in [5, 5.41) is 27.9. The summed E-state index contributed by atoms with van der Waals surface area (Å²) in [5.41, 5.74) is 16.7. The normalized spacial score (nSPS) is 17.2. The third-order valence-corrected chi connectivity index (χ3v) is 10.3. The summed E-state index contributed by atoms with van der Waals surface area (Å²) in [6, 6.07) is 20.6. The summed E-state index contributed by atoms with van der Waals surface area (Å²) in [4.78, 5) is 28.0. The number of anilines is 2. The van der Waals surface area contributed by atoms with Gasteiger partial charge in [-0.1, -0.05) is 24.3 Å². The molecule has 4 heterocycles. The zero-order chi connectivity index (χ0) is 35.2. The lowest BCUT2D eigenvalue weighted by Gasteiger charge is -2.17. The zero-order valence-corrected chi connectivity index (χ0v) is 28.5. The van der Waals surface area contributed by atoms with Gasteiger partial charge in [0, 0.05) is 54.7 Å². The Labute approximate surface area is 295 Å². The van der Waals surface area contributed by atoms with E-state index in [1.54, 1.807) is 6.20 Å². The van der Waals surface area contributed by atoms with Crippen molar-refractivity contribution in [1.29, 1.82) is 5.26 Å². The minimum Gasteiger partial charge on any atom is -0.435 e. The average molecular weight is 679 g/mol. The van der Waals surface area contributed by atoms with E-state index in [0.717, 1.165) is 87.0 Å². The first-order chi connectivity index (χ1) is 24.8. The predicted molar refractivity (Wildman–Crippen MR) is 196 cm³/mol. The molecule has 8 rings (SSSR count). The van der Waals surface area contributed by atoms with Crippen LogP contribution in [-0.2, 0) is 17.8 Å². The number of fused-ring (bicyclic) bond motifs is 3. The number of nitrogens with zero attached hydrogens (tertiary/aromatic N) is 5. The molecule has 0 radical (unpaired) electrons. The highest BCUT2D eigenvalue weighted by atomic mass is 16.3. The molecule has 11 nitrogen and oxygen atoms in total. The number of aliphatic hydroxyl groups is 1. The van der Waals surface area contributed by atoms with Crippen LogP contribution in [0.2, 0.25) is 0 Å². The van der Waals surface area contributed by atoms with Crippen LogP contribution in [0.3, 0.4) is 0 Å². The van der Waals surface area contributed by atoms with E-state index in [1.807, 2.05) is 42.6 Å². The number of pyridine rings is 2. The van der Waals surface area contributed by atoms with Crippen molar-refractivity contribution in [1.82, 2.24) is 25.2 Å². The molecule has 1 fully saturated rings. The molecule has 1 aliphatic carbocycles. The van der Waals surface area contributed by atoms with Gasteiger partial charge in [-0.15, -0.1) is 0 Å². The summed E-state index contributed by atoms with van der Waals surface area (Å²) < 4.78 is 6.36. The fourth-order valence-electron chi connectivity index (χ4n) is 7.67. The van der Waals surface area contributed by atoms with Crippen LogP contribution in [0.4, 0.5) is 11.5 Å². The van der Waals surface area contributed by atoms with Crippen molar-refractivity contribution in [2.75, 3.05) is 25.0 Å². The molecule has 5 N–H and O–H groups in total. The highest BCUT2D eigenvalue weighted by molar-refractivity contribution is 5.91. The van der Waals surface area contributed by atoms with Gasteiger partial charge in [-0.05, 0) is 102 Å². The van der Waals surface area contributed by atoms with Crippen LogP contribution in [0.15, 0.2) is 71.4 Å². The van der Waals surface area contributed by atoms with Crippen molar-refractivity contribution in [3.8, 4) is 28.7 Å². The Morgan fingerprint density at radius 3 is 2.67 bits per heavy atom. The van der Waals surface area contributed by atoms with Crippen LogP contribution in [0, 0.1) is 25.2 Å². The number of nitriles is 1. The fourth-order valence-corrected chi connectivity index (χ4v) is 7.67. The Kier molecular flexibility index (Phi) is 8.44. The van der Waals surface area contributed by atoms with Gasteiger partial charge in [0.1, 0.15) is 22.7 Å².